The summed E-state index contributed by atoms with van der Waals surface area (Å²) < 4.78 is 15.4. The molecule has 21 heavy (non-hydrogen) atoms. The average Bonchev–Trinajstić information content (AvgIpc) is 2.40. The maximum absolute atomic E-state index is 13.6. The highest BCUT2D eigenvalue weighted by Gasteiger charge is 2.15. The van der Waals surface area contributed by atoms with Crippen LogP contribution in [0.15, 0.2) is 45.3 Å². The minimum atomic E-state index is -0.208. The van der Waals surface area contributed by atoms with Gasteiger partial charge in [-0.3, -0.25) is 0 Å². The van der Waals surface area contributed by atoms with Crippen molar-refractivity contribution in [1.29, 1.82) is 0 Å². The van der Waals surface area contributed by atoms with Crippen LogP contribution in [0.5, 0.6) is 0 Å². The summed E-state index contributed by atoms with van der Waals surface area (Å²) in [4.78, 5) is 0. The number of rotatable bonds is 5. The predicted molar refractivity (Wildman–Crippen MR) is 93.1 cm³/mol. The quantitative estimate of drug-likeness (QED) is 0.675. The second kappa shape index (κ2) is 7.52. The Balaban J connectivity index is 2.32. The molecule has 0 saturated heterocycles. The Morgan fingerprint density at radius 3 is 2.62 bits per heavy atom. The number of benzene rings is 2. The zero-order valence-corrected chi connectivity index (χ0v) is 15.3. The zero-order chi connectivity index (χ0) is 15.4. The van der Waals surface area contributed by atoms with E-state index in [1.54, 1.807) is 6.07 Å². The van der Waals surface area contributed by atoms with Crippen molar-refractivity contribution in [3.63, 3.8) is 0 Å². The van der Waals surface area contributed by atoms with E-state index in [2.05, 4.69) is 57.1 Å². The lowest BCUT2D eigenvalue weighted by Crippen LogP contribution is -2.23. The molecule has 0 bridgehead atoms. The molecule has 0 aliphatic carbocycles. The van der Waals surface area contributed by atoms with Crippen LogP contribution in [0.4, 0.5) is 4.39 Å². The molecule has 0 amide bonds. The highest BCUT2D eigenvalue weighted by molar-refractivity contribution is 9.10. The molecule has 2 aromatic rings. The van der Waals surface area contributed by atoms with E-state index in [-0.39, 0.29) is 11.9 Å². The summed E-state index contributed by atoms with van der Waals surface area (Å²) >= 11 is 6.94. The third-order valence-electron chi connectivity index (χ3n) is 3.50. The second-order valence-corrected chi connectivity index (χ2v) is 6.82. The lowest BCUT2D eigenvalue weighted by atomic mass is 9.95. The van der Waals surface area contributed by atoms with E-state index in [1.807, 2.05) is 18.2 Å². The normalized spacial score (nSPS) is 12.4. The van der Waals surface area contributed by atoms with Crippen molar-refractivity contribution >= 4 is 31.9 Å². The summed E-state index contributed by atoms with van der Waals surface area (Å²) in [6.45, 7) is 5.06. The van der Waals surface area contributed by atoms with Crippen molar-refractivity contribution in [1.82, 2.24) is 5.32 Å². The molecular formula is C17H18Br2FN. The molecule has 0 heterocycles. The first-order chi connectivity index (χ1) is 10.0. The Kier molecular flexibility index (Phi) is 5.97. The molecule has 0 aliphatic heterocycles. The summed E-state index contributed by atoms with van der Waals surface area (Å²) in [5.41, 5.74) is 3.44. The predicted octanol–water partition coefficient (Wildman–Crippen LogP) is 5.55. The second-order valence-electron chi connectivity index (χ2n) is 5.05. The van der Waals surface area contributed by atoms with Gasteiger partial charge in [0.05, 0.1) is 0 Å². The summed E-state index contributed by atoms with van der Waals surface area (Å²) in [6.07, 6.45) is 0.751. The van der Waals surface area contributed by atoms with Gasteiger partial charge in [-0.05, 0) is 60.8 Å². The Labute approximate surface area is 142 Å². The van der Waals surface area contributed by atoms with E-state index in [0.29, 0.717) is 0 Å². The maximum atomic E-state index is 13.6. The van der Waals surface area contributed by atoms with Gasteiger partial charge < -0.3 is 5.32 Å². The van der Waals surface area contributed by atoms with Crippen LogP contribution in [0.2, 0.25) is 0 Å². The number of halogens is 3. The van der Waals surface area contributed by atoms with E-state index in [1.165, 1.54) is 17.2 Å². The van der Waals surface area contributed by atoms with Crippen LogP contribution in [0.3, 0.4) is 0 Å². The highest BCUT2D eigenvalue weighted by Crippen LogP contribution is 2.28. The van der Waals surface area contributed by atoms with Gasteiger partial charge in [0.1, 0.15) is 5.82 Å². The molecule has 2 aromatic carbocycles. The molecule has 0 saturated carbocycles. The molecule has 1 unspecified atom stereocenters. The smallest absolute Gasteiger partial charge is 0.124 e. The summed E-state index contributed by atoms with van der Waals surface area (Å²) in [6, 6.07) is 11.4. The monoisotopic (exact) mass is 413 g/mol. The van der Waals surface area contributed by atoms with E-state index in [4.69, 9.17) is 0 Å². The van der Waals surface area contributed by atoms with Gasteiger partial charge in [0.15, 0.2) is 0 Å². The zero-order valence-electron chi connectivity index (χ0n) is 12.1. The Bertz CT molecular complexity index is 608. The molecule has 0 spiro atoms. The Morgan fingerprint density at radius 1 is 1.19 bits per heavy atom. The number of hydrogen-bond acceptors (Lipinski definition) is 1. The van der Waals surface area contributed by atoms with Gasteiger partial charge in [-0.25, -0.2) is 4.39 Å². The molecule has 1 N–H and O–H groups in total. The van der Waals surface area contributed by atoms with Crippen molar-refractivity contribution < 1.29 is 4.39 Å². The third-order valence-corrected chi connectivity index (χ3v) is 4.81. The fourth-order valence-corrected chi connectivity index (χ4v) is 3.40. The molecule has 1 atom stereocenters. The van der Waals surface area contributed by atoms with Gasteiger partial charge in [0.2, 0.25) is 0 Å². The van der Waals surface area contributed by atoms with E-state index < -0.39 is 0 Å². The number of likely N-dealkylation sites (N-methyl/N-ethyl adjacent to an activating group) is 1. The van der Waals surface area contributed by atoms with Gasteiger partial charge in [0.25, 0.3) is 0 Å². The van der Waals surface area contributed by atoms with Crippen molar-refractivity contribution in [2.75, 3.05) is 6.54 Å². The molecule has 2 rings (SSSR count). The molecule has 0 aliphatic rings. The summed E-state index contributed by atoms with van der Waals surface area (Å²) in [7, 11) is 0. The minimum absolute atomic E-state index is 0.168. The van der Waals surface area contributed by atoms with Crippen LogP contribution in [0, 0.1) is 12.7 Å². The fraction of sp³-hybridized carbons (Fsp3) is 0.294. The first-order valence-electron chi connectivity index (χ1n) is 6.94. The first-order valence-corrected chi connectivity index (χ1v) is 8.53. The van der Waals surface area contributed by atoms with E-state index in [9.17, 15) is 4.39 Å². The highest BCUT2D eigenvalue weighted by atomic mass is 79.9. The van der Waals surface area contributed by atoms with Crippen LogP contribution in [0.1, 0.15) is 29.7 Å². The maximum Gasteiger partial charge on any atom is 0.124 e. The molecule has 1 nitrogen and oxygen atoms in total. The minimum Gasteiger partial charge on any atom is -0.310 e. The SMILES string of the molecule is CCNC(Cc1cc(F)cc(Br)c1)c1cccc(Br)c1C. The van der Waals surface area contributed by atoms with Crippen LogP contribution in [-0.4, -0.2) is 6.54 Å². The average molecular weight is 415 g/mol. The first kappa shape index (κ1) is 16.7. The van der Waals surface area contributed by atoms with Gasteiger partial charge in [-0.15, -0.1) is 0 Å². The Morgan fingerprint density at radius 2 is 1.95 bits per heavy atom. The standard InChI is InChI=1S/C17H18Br2FN/c1-3-21-17(15-5-4-6-16(19)11(15)2)9-12-7-13(18)10-14(20)8-12/h4-8,10,17,21H,3,9H2,1-2H3. The van der Waals surface area contributed by atoms with Gasteiger partial charge in [-0.1, -0.05) is 50.9 Å². The van der Waals surface area contributed by atoms with E-state index >= 15 is 0 Å². The molecule has 0 aromatic heterocycles. The number of hydrogen-bond donors (Lipinski definition) is 1. The molecule has 4 heteroatoms. The summed E-state index contributed by atoms with van der Waals surface area (Å²) in [5.74, 6) is -0.208. The molecular weight excluding hydrogens is 397 g/mol. The fourth-order valence-electron chi connectivity index (χ4n) is 2.50. The molecule has 0 fully saturated rings. The lowest BCUT2D eigenvalue weighted by molar-refractivity contribution is 0.544. The largest absolute Gasteiger partial charge is 0.310 e. The van der Waals surface area contributed by atoms with Crippen molar-refractivity contribution in [3.8, 4) is 0 Å². The topological polar surface area (TPSA) is 12.0 Å². The van der Waals surface area contributed by atoms with Gasteiger partial charge >= 0.3 is 0 Å². The van der Waals surface area contributed by atoms with Gasteiger partial charge in [0, 0.05) is 15.0 Å². The molecule has 112 valence electrons. The van der Waals surface area contributed by atoms with Crippen LogP contribution in [0.25, 0.3) is 0 Å². The van der Waals surface area contributed by atoms with Crippen molar-refractivity contribution in [3.05, 3.63) is 67.9 Å². The van der Waals surface area contributed by atoms with Crippen molar-refractivity contribution in [2.24, 2.45) is 0 Å². The van der Waals surface area contributed by atoms with Crippen molar-refractivity contribution in [2.45, 2.75) is 26.3 Å². The van der Waals surface area contributed by atoms with Crippen LogP contribution in [-0.2, 0) is 6.42 Å². The Hall–Kier alpha value is -0.710. The van der Waals surface area contributed by atoms with Crippen LogP contribution < -0.4 is 5.32 Å². The lowest BCUT2D eigenvalue weighted by Gasteiger charge is -2.21. The van der Waals surface area contributed by atoms with Gasteiger partial charge in [-0.2, -0.15) is 0 Å². The third kappa shape index (κ3) is 4.38. The molecule has 0 radical (unpaired) electrons. The van der Waals surface area contributed by atoms with E-state index in [0.717, 1.165) is 27.5 Å². The van der Waals surface area contributed by atoms with Crippen LogP contribution >= 0.6 is 31.9 Å². The number of nitrogens with one attached hydrogen (secondary N) is 1. The summed E-state index contributed by atoms with van der Waals surface area (Å²) in [5, 5.41) is 3.50.